The molecule has 0 aliphatic carbocycles. The van der Waals surface area contributed by atoms with Crippen molar-refractivity contribution in [3.8, 4) is 5.75 Å². The highest BCUT2D eigenvalue weighted by atomic mass is 79.9. The number of rotatable bonds is 12. The molecule has 1 atom stereocenters. The van der Waals surface area contributed by atoms with Gasteiger partial charge in [0.25, 0.3) is 10.0 Å². The molecule has 38 heavy (non-hydrogen) atoms. The summed E-state index contributed by atoms with van der Waals surface area (Å²) in [6.07, 6.45) is -4.59. The average Bonchev–Trinajstić information content (AvgIpc) is 3.15. The molecule has 1 aromatic heterocycles. The fourth-order valence-corrected chi connectivity index (χ4v) is 5.80. The molecular weight excluding hydrogens is 649 g/mol. The van der Waals surface area contributed by atoms with Crippen LogP contribution in [0.2, 0.25) is 4.34 Å². The molecule has 19 heteroatoms. The Hall–Kier alpha value is -2.64. The third-order valence-corrected chi connectivity index (χ3v) is 8.35. The van der Waals surface area contributed by atoms with Crippen LogP contribution in [-0.2, 0) is 30.9 Å². The van der Waals surface area contributed by atoms with Crippen LogP contribution < -0.4 is 20.7 Å². The van der Waals surface area contributed by atoms with Crippen molar-refractivity contribution in [2.45, 2.75) is 29.3 Å². The van der Waals surface area contributed by atoms with E-state index in [1.807, 2.05) is 0 Å². The summed E-state index contributed by atoms with van der Waals surface area (Å²) in [7, 11) is -4.05. The maximum absolute atomic E-state index is 12.5. The largest absolute Gasteiger partial charge is 0.494 e. The summed E-state index contributed by atoms with van der Waals surface area (Å²) in [6, 6.07) is 6.60. The number of sulfonamides is 1. The number of hydroxylamine groups is 1. The minimum Gasteiger partial charge on any atom is -0.494 e. The molecule has 2 aromatic rings. The molecule has 1 heterocycles. The third kappa shape index (κ3) is 12.3. The molecule has 212 valence electrons. The Morgan fingerprint density at radius 1 is 1.21 bits per heavy atom. The van der Waals surface area contributed by atoms with Crippen molar-refractivity contribution in [2.75, 3.05) is 13.2 Å². The first kappa shape index (κ1) is 33.4. The zero-order valence-corrected chi connectivity index (χ0v) is 22.9. The van der Waals surface area contributed by atoms with E-state index < -0.39 is 34.2 Å². The molecule has 0 saturated heterocycles. The third-order valence-electron chi connectivity index (χ3n) is 3.93. The fraction of sp³-hybridized carbons (Fsp3) is 0.316. The summed E-state index contributed by atoms with van der Waals surface area (Å²) in [5.41, 5.74) is 7.89. The van der Waals surface area contributed by atoms with Crippen molar-refractivity contribution >= 4 is 66.8 Å². The van der Waals surface area contributed by atoms with Gasteiger partial charge in [-0.2, -0.15) is 17.9 Å². The fourth-order valence-electron chi connectivity index (χ4n) is 2.29. The SMILES string of the molecule is N=C(N)NOCCCOc1ccc(C[C@H](NS(=O)(=O)c2cc(Br)c(Cl)s2)C(=O)O)cc1.O=C(O)C(F)(F)F. The van der Waals surface area contributed by atoms with Gasteiger partial charge in [0, 0.05) is 10.9 Å². The molecule has 0 fully saturated rings. The van der Waals surface area contributed by atoms with E-state index in [-0.39, 0.29) is 20.9 Å². The molecule has 12 nitrogen and oxygen atoms in total. The Kier molecular flexibility index (Phi) is 13.2. The number of carboxylic acid groups (broad SMARTS) is 2. The number of alkyl halides is 3. The van der Waals surface area contributed by atoms with E-state index in [0.717, 1.165) is 11.3 Å². The van der Waals surface area contributed by atoms with Crippen LogP contribution in [0.5, 0.6) is 5.75 Å². The molecule has 0 spiro atoms. The number of thiophene rings is 1. The lowest BCUT2D eigenvalue weighted by Gasteiger charge is -2.14. The average molecular weight is 670 g/mol. The number of ether oxygens (including phenoxy) is 1. The van der Waals surface area contributed by atoms with Crippen LogP contribution >= 0.6 is 38.9 Å². The summed E-state index contributed by atoms with van der Waals surface area (Å²) in [5.74, 6) is -3.78. The van der Waals surface area contributed by atoms with Crippen LogP contribution in [-0.4, -0.2) is 62.0 Å². The van der Waals surface area contributed by atoms with E-state index in [2.05, 4.69) is 26.1 Å². The lowest BCUT2D eigenvalue weighted by atomic mass is 10.1. The molecule has 0 aliphatic rings. The van der Waals surface area contributed by atoms with Crippen molar-refractivity contribution in [2.24, 2.45) is 5.73 Å². The topological polar surface area (TPSA) is 201 Å². The van der Waals surface area contributed by atoms with Gasteiger partial charge in [0.2, 0.25) is 5.96 Å². The molecule has 0 unspecified atom stereocenters. The molecule has 1 aromatic carbocycles. The molecule has 2 rings (SSSR count). The first-order chi connectivity index (χ1) is 17.5. The first-order valence-corrected chi connectivity index (χ1v) is 13.4. The van der Waals surface area contributed by atoms with E-state index in [1.54, 1.807) is 24.3 Å². The van der Waals surface area contributed by atoms with Crippen LogP contribution in [0.4, 0.5) is 13.2 Å². The zero-order valence-electron chi connectivity index (χ0n) is 18.9. The van der Waals surface area contributed by atoms with Crippen LogP contribution in [0.1, 0.15) is 12.0 Å². The summed E-state index contributed by atoms with van der Waals surface area (Å²) < 4.78 is 65.0. The van der Waals surface area contributed by atoms with Gasteiger partial charge in [-0.25, -0.2) is 18.7 Å². The maximum Gasteiger partial charge on any atom is 0.490 e. The lowest BCUT2D eigenvalue weighted by Crippen LogP contribution is -2.42. The standard InChI is InChI=1S/C17H20BrClN4O6S2.C2HF3O2/c18-12-9-14(30-15(12)19)31(26,27)23-13(16(24)25)8-10-2-4-11(5-3-10)28-6-1-7-29-22-17(20)21;3-2(4,5)1(6)7/h2-5,9,13,23H,1,6-8H2,(H,24,25)(H4,20,21,22);(H,6,7)/t13-;/m0./s1. The monoisotopic (exact) mass is 668 g/mol. The van der Waals surface area contributed by atoms with Crippen LogP contribution in [0.15, 0.2) is 39.0 Å². The van der Waals surface area contributed by atoms with Gasteiger partial charge < -0.3 is 20.7 Å². The molecule has 0 saturated carbocycles. The number of nitrogens with one attached hydrogen (secondary N) is 3. The van der Waals surface area contributed by atoms with Crippen LogP contribution in [0, 0.1) is 5.41 Å². The van der Waals surface area contributed by atoms with Gasteiger partial charge >= 0.3 is 18.1 Å². The molecule has 0 amide bonds. The summed E-state index contributed by atoms with van der Waals surface area (Å²) in [5, 5.41) is 23.5. The minimum atomic E-state index is -5.08. The van der Waals surface area contributed by atoms with Gasteiger partial charge in [-0.15, -0.1) is 11.3 Å². The summed E-state index contributed by atoms with van der Waals surface area (Å²) >= 11 is 9.84. The normalized spacial score (nSPS) is 12.1. The van der Waals surface area contributed by atoms with Crippen molar-refractivity contribution in [3.63, 3.8) is 0 Å². The quantitative estimate of drug-likeness (QED) is 0.0845. The first-order valence-electron chi connectivity index (χ1n) is 9.96. The van der Waals surface area contributed by atoms with Gasteiger partial charge in [0.1, 0.15) is 20.3 Å². The lowest BCUT2D eigenvalue weighted by molar-refractivity contribution is -0.192. The van der Waals surface area contributed by atoms with E-state index in [4.69, 9.17) is 42.2 Å². The molecular formula is C19H21BrClF3N4O8S2. The van der Waals surface area contributed by atoms with Crippen molar-refractivity contribution in [1.82, 2.24) is 10.2 Å². The summed E-state index contributed by atoms with van der Waals surface area (Å²) in [4.78, 5) is 25.4. The molecule has 0 bridgehead atoms. The second kappa shape index (κ2) is 15.1. The molecule has 0 aliphatic heterocycles. The van der Waals surface area contributed by atoms with Crippen molar-refractivity contribution in [3.05, 3.63) is 44.7 Å². The smallest absolute Gasteiger partial charge is 0.490 e. The van der Waals surface area contributed by atoms with Gasteiger partial charge in [-0.3, -0.25) is 15.0 Å². The Morgan fingerprint density at radius 2 is 1.79 bits per heavy atom. The van der Waals surface area contributed by atoms with E-state index in [9.17, 15) is 31.5 Å². The Morgan fingerprint density at radius 3 is 2.24 bits per heavy atom. The van der Waals surface area contributed by atoms with Crippen molar-refractivity contribution in [1.29, 1.82) is 5.41 Å². The molecule has 7 N–H and O–H groups in total. The van der Waals surface area contributed by atoms with Gasteiger partial charge in [-0.1, -0.05) is 23.7 Å². The predicted molar refractivity (Wildman–Crippen MR) is 134 cm³/mol. The number of halogens is 5. The predicted octanol–water partition coefficient (Wildman–Crippen LogP) is 2.96. The van der Waals surface area contributed by atoms with E-state index in [1.165, 1.54) is 6.07 Å². The van der Waals surface area contributed by atoms with Gasteiger partial charge in [0.15, 0.2) is 0 Å². The highest BCUT2D eigenvalue weighted by molar-refractivity contribution is 9.10. The van der Waals surface area contributed by atoms with Gasteiger partial charge in [-0.05, 0) is 46.1 Å². The molecule has 0 radical (unpaired) electrons. The number of aliphatic carboxylic acids is 2. The second-order valence-electron chi connectivity index (χ2n) is 6.92. The van der Waals surface area contributed by atoms with Crippen molar-refractivity contribution < 1.29 is 51.0 Å². The maximum atomic E-state index is 12.5. The Balaban J connectivity index is 0.000000905. The highest BCUT2D eigenvalue weighted by Crippen LogP contribution is 2.34. The number of carboxylic acids is 2. The van der Waals surface area contributed by atoms with E-state index >= 15 is 0 Å². The Bertz CT molecular complexity index is 1190. The van der Waals surface area contributed by atoms with Gasteiger partial charge in [0.05, 0.1) is 13.2 Å². The van der Waals surface area contributed by atoms with Crippen LogP contribution in [0.3, 0.4) is 0 Å². The number of benzene rings is 1. The number of guanidine groups is 1. The van der Waals surface area contributed by atoms with Crippen LogP contribution in [0.25, 0.3) is 0 Å². The minimum absolute atomic E-state index is 0.0559. The number of hydrogen-bond donors (Lipinski definition) is 6. The zero-order chi connectivity index (χ0) is 29.1. The number of carbonyl (C=O) groups is 2. The summed E-state index contributed by atoms with van der Waals surface area (Å²) in [6.45, 7) is 0.652. The Labute approximate surface area is 231 Å². The second-order valence-corrected chi connectivity index (χ2v) is 11.4. The van der Waals surface area contributed by atoms with E-state index in [0.29, 0.717) is 35.4 Å². The number of hydrogen-bond acceptors (Lipinski definition) is 8. The number of nitrogens with two attached hydrogens (primary N) is 1. The highest BCUT2D eigenvalue weighted by Gasteiger charge is 2.38.